The van der Waals surface area contributed by atoms with Crippen LogP contribution in [0.1, 0.15) is 37.7 Å². The van der Waals surface area contributed by atoms with Crippen LogP contribution in [0.4, 0.5) is 0 Å². The van der Waals surface area contributed by atoms with Gasteiger partial charge in [0.05, 0.1) is 12.0 Å². The predicted octanol–water partition coefficient (Wildman–Crippen LogP) is 0.470. The number of nitrogens with one attached hydrogen (secondary N) is 3. The molecule has 0 fully saturated rings. The zero-order valence-electron chi connectivity index (χ0n) is 15.8. The molecule has 0 radical (unpaired) electrons. The molecule has 8 heteroatoms. The molecule has 8 nitrogen and oxygen atoms in total. The Morgan fingerprint density at radius 2 is 1.68 bits per heavy atom. The van der Waals surface area contributed by atoms with Gasteiger partial charge in [0.2, 0.25) is 6.79 Å². The van der Waals surface area contributed by atoms with Crippen LogP contribution < -0.4 is 31.3 Å². The van der Waals surface area contributed by atoms with Gasteiger partial charge in [0.25, 0.3) is 11.1 Å². The van der Waals surface area contributed by atoms with Crippen LogP contribution >= 0.6 is 0 Å². The van der Waals surface area contributed by atoms with E-state index in [-0.39, 0.29) is 22.9 Å². The quantitative estimate of drug-likeness (QED) is 0.598. The predicted molar refractivity (Wildman–Crippen MR) is 104 cm³/mol. The molecule has 0 saturated carbocycles. The van der Waals surface area contributed by atoms with Crippen molar-refractivity contribution in [3.63, 3.8) is 0 Å². The van der Waals surface area contributed by atoms with E-state index in [1.54, 1.807) is 36.7 Å². The molecule has 0 atom stereocenters. The summed E-state index contributed by atoms with van der Waals surface area (Å²) in [5, 5.41) is 0.296. The van der Waals surface area contributed by atoms with E-state index in [4.69, 9.17) is 9.47 Å². The summed E-state index contributed by atoms with van der Waals surface area (Å²) >= 11 is 0. The molecule has 1 aliphatic rings. The second-order valence-corrected chi connectivity index (χ2v) is 7.55. The molecule has 1 aliphatic heterocycles. The van der Waals surface area contributed by atoms with Gasteiger partial charge in [0.1, 0.15) is 10.7 Å². The highest BCUT2D eigenvalue weighted by atomic mass is 16.7. The van der Waals surface area contributed by atoms with E-state index in [0.29, 0.717) is 22.8 Å². The Labute approximate surface area is 159 Å². The van der Waals surface area contributed by atoms with Crippen molar-refractivity contribution in [3.8, 4) is 11.5 Å². The Morgan fingerprint density at radius 1 is 1.00 bits per heavy atom. The number of aromatic amines is 3. The molecule has 0 unspecified atom stereocenters. The summed E-state index contributed by atoms with van der Waals surface area (Å²) in [6.45, 7) is 6.28. The fourth-order valence-corrected chi connectivity index (χ4v) is 3.02. The first-order chi connectivity index (χ1) is 13.3. The van der Waals surface area contributed by atoms with E-state index in [1.165, 1.54) is 0 Å². The number of fused-ring (bicyclic) bond motifs is 1. The van der Waals surface area contributed by atoms with Crippen LogP contribution in [0.5, 0.6) is 11.5 Å². The molecule has 144 valence electrons. The number of imidazole rings is 1. The second-order valence-electron chi connectivity index (χ2n) is 7.55. The lowest BCUT2D eigenvalue weighted by Crippen LogP contribution is -2.46. The third-order valence-electron chi connectivity index (χ3n) is 4.39. The maximum absolute atomic E-state index is 12.5. The zero-order chi connectivity index (χ0) is 19.9. The Balaban J connectivity index is 1.79. The number of hydrogen-bond acceptors (Lipinski definition) is 5. The zero-order valence-corrected chi connectivity index (χ0v) is 15.8. The molecule has 0 amide bonds. The van der Waals surface area contributed by atoms with Crippen LogP contribution in [0, 0.1) is 0 Å². The molecule has 2 aromatic heterocycles. The van der Waals surface area contributed by atoms with Crippen molar-refractivity contribution in [3.05, 3.63) is 72.9 Å². The lowest BCUT2D eigenvalue weighted by atomic mass is 9.90. The van der Waals surface area contributed by atoms with Gasteiger partial charge in [-0.3, -0.25) is 9.59 Å². The van der Waals surface area contributed by atoms with Gasteiger partial charge in [-0.05, 0) is 29.8 Å². The lowest BCUT2D eigenvalue weighted by Gasteiger charge is -2.16. The van der Waals surface area contributed by atoms with Gasteiger partial charge in [-0.15, -0.1) is 0 Å². The standard InChI is InChI=1S/C20H20N4O4/c1-20(2,3)17-12(21-9-22-17)8-14-19(26)23-13(18(25)24-14)6-11-4-5-15-16(7-11)28-10-27-15/h4-9H,10H2,1-3H3,(H,21,22)(H,23,26)(H,24,25). The Hall–Kier alpha value is -3.55. The fraction of sp³-hybridized carbons (Fsp3) is 0.250. The first-order valence-corrected chi connectivity index (χ1v) is 8.81. The maximum Gasteiger partial charge on any atom is 0.272 e. The normalized spacial score (nSPS) is 14.7. The molecule has 0 bridgehead atoms. The van der Waals surface area contributed by atoms with E-state index < -0.39 is 11.1 Å². The van der Waals surface area contributed by atoms with E-state index >= 15 is 0 Å². The molecular weight excluding hydrogens is 360 g/mol. The molecule has 1 aromatic carbocycles. The van der Waals surface area contributed by atoms with E-state index in [2.05, 4.69) is 19.9 Å². The van der Waals surface area contributed by atoms with Crippen LogP contribution in [-0.2, 0) is 5.41 Å². The lowest BCUT2D eigenvalue weighted by molar-refractivity contribution is 0.174. The SMILES string of the molecule is CC(C)(C)c1[nH]cnc1C=c1[nH]c(=O)c(=Cc2ccc3c(c2)OCO3)[nH]c1=O. The summed E-state index contributed by atoms with van der Waals surface area (Å²) in [6.07, 6.45) is 4.73. The van der Waals surface area contributed by atoms with Gasteiger partial charge >= 0.3 is 0 Å². The van der Waals surface area contributed by atoms with Gasteiger partial charge < -0.3 is 24.4 Å². The molecule has 3 heterocycles. The number of benzene rings is 1. The fourth-order valence-electron chi connectivity index (χ4n) is 3.02. The molecule has 3 N–H and O–H groups in total. The van der Waals surface area contributed by atoms with Crippen molar-refractivity contribution in [2.24, 2.45) is 0 Å². The summed E-state index contributed by atoms with van der Waals surface area (Å²) in [7, 11) is 0. The van der Waals surface area contributed by atoms with Crippen molar-refractivity contribution >= 4 is 12.2 Å². The average molecular weight is 380 g/mol. The topological polar surface area (TPSA) is 113 Å². The number of ether oxygens (including phenoxy) is 2. The summed E-state index contributed by atoms with van der Waals surface area (Å²) in [5.41, 5.74) is 1.21. The van der Waals surface area contributed by atoms with Crippen molar-refractivity contribution in [2.75, 3.05) is 6.79 Å². The van der Waals surface area contributed by atoms with E-state index in [1.807, 2.05) is 20.8 Å². The van der Waals surface area contributed by atoms with Crippen molar-refractivity contribution in [2.45, 2.75) is 26.2 Å². The monoisotopic (exact) mass is 380 g/mol. The van der Waals surface area contributed by atoms with E-state index in [9.17, 15) is 9.59 Å². The van der Waals surface area contributed by atoms with Gasteiger partial charge in [0, 0.05) is 11.1 Å². The van der Waals surface area contributed by atoms with Crippen LogP contribution in [0.3, 0.4) is 0 Å². The minimum Gasteiger partial charge on any atom is -0.454 e. The van der Waals surface area contributed by atoms with Gasteiger partial charge in [0.15, 0.2) is 11.5 Å². The summed E-state index contributed by atoms with van der Waals surface area (Å²) < 4.78 is 10.6. The highest BCUT2D eigenvalue weighted by molar-refractivity contribution is 5.56. The molecular formula is C20H20N4O4. The number of hydrogen-bond donors (Lipinski definition) is 3. The molecule has 4 rings (SSSR count). The summed E-state index contributed by atoms with van der Waals surface area (Å²) in [4.78, 5) is 37.6. The molecule has 0 saturated heterocycles. The van der Waals surface area contributed by atoms with Crippen LogP contribution in [0.25, 0.3) is 12.2 Å². The smallest absolute Gasteiger partial charge is 0.272 e. The minimum atomic E-state index is -0.408. The Bertz CT molecular complexity index is 1280. The first kappa shape index (κ1) is 17.8. The largest absolute Gasteiger partial charge is 0.454 e. The van der Waals surface area contributed by atoms with Crippen LogP contribution in [0.15, 0.2) is 34.1 Å². The third kappa shape index (κ3) is 3.36. The third-order valence-corrected chi connectivity index (χ3v) is 4.39. The van der Waals surface area contributed by atoms with Gasteiger partial charge in [-0.1, -0.05) is 26.8 Å². The van der Waals surface area contributed by atoms with Crippen molar-refractivity contribution < 1.29 is 9.47 Å². The number of rotatable bonds is 2. The molecule has 0 aliphatic carbocycles. The van der Waals surface area contributed by atoms with E-state index in [0.717, 1.165) is 5.69 Å². The van der Waals surface area contributed by atoms with Crippen molar-refractivity contribution in [1.82, 2.24) is 19.9 Å². The molecule has 0 spiro atoms. The highest BCUT2D eigenvalue weighted by Gasteiger charge is 2.19. The second kappa shape index (κ2) is 6.56. The number of H-pyrrole nitrogens is 3. The molecule has 28 heavy (non-hydrogen) atoms. The Kier molecular flexibility index (Phi) is 4.18. The number of aromatic nitrogens is 4. The minimum absolute atomic E-state index is 0.144. The molecule has 3 aromatic rings. The highest BCUT2D eigenvalue weighted by Crippen LogP contribution is 2.32. The van der Waals surface area contributed by atoms with Crippen LogP contribution in [0.2, 0.25) is 0 Å². The number of nitrogens with zero attached hydrogens (tertiary/aromatic N) is 1. The van der Waals surface area contributed by atoms with Gasteiger partial charge in [-0.25, -0.2) is 4.98 Å². The average Bonchev–Trinajstić information content (AvgIpc) is 3.27. The summed E-state index contributed by atoms with van der Waals surface area (Å²) in [5.74, 6) is 1.25. The van der Waals surface area contributed by atoms with Gasteiger partial charge in [-0.2, -0.15) is 0 Å². The van der Waals surface area contributed by atoms with Crippen LogP contribution in [-0.4, -0.2) is 26.7 Å². The van der Waals surface area contributed by atoms with Crippen molar-refractivity contribution in [1.29, 1.82) is 0 Å². The Morgan fingerprint density at radius 3 is 2.39 bits per heavy atom. The maximum atomic E-state index is 12.5. The first-order valence-electron chi connectivity index (χ1n) is 8.81. The summed E-state index contributed by atoms with van der Waals surface area (Å²) in [6, 6.07) is 5.29.